The first-order valence-corrected chi connectivity index (χ1v) is 4.76. The zero-order valence-corrected chi connectivity index (χ0v) is 8.11. The molecular formula is C11H18N2. The molecule has 0 amide bonds. The number of nitrogens with two attached hydrogens (primary N) is 2. The standard InChI is InChI=1S/C11H18N2/c1-9(7-8-12)11(13)10-5-3-2-4-6-10/h2-6,9,11H,7-8,12-13H2,1H3. The van der Waals surface area contributed by atoms with Crippen molar-refractivity contribution in [2.45, 2.75) is 19.4 Å². The molecule has 0 aliphatic rings. The zero-order valence-electron chi connectivity index (χ0n) is 8.11. The van der Waals surface area contributed by atoms with Crippen molar-refractivity contribution in [2.75, 3.05) is 6.54 Å². The van der Waals surface area contributed by atoms with E-state index in [-0.39, 0.29) is 6.04 Å². The highest BCUT2D eigenvalue weighted by Crippen LogP contribution is 2.20. The quantitative estimate of drug-likeness (QED) is 0.737. The summed E-state index contributed by atoms with van der Waals surface area (Å²) >= 11 is 0. The fraction of sp³-hybridized carbons (Fsp3) is 0.455. The maximum atomic E-state index is 6.07. The van der Waals surface area contributed by atoms with Crippen LogP contribution in [0.3, 0.4) is 0 Å². The molecule has 0 spiro atoms. The average molecular weight is 178 g/mol. The van der Waals surface area contributed by atoms with E-state index in [2.05, 4.69) is 19.1 Å². The van der Waals surface area contributed by atoms with Gasteiger partial charge in [-0.15, -0.1) is 0 Å². The molecule has 4 N–H and O–H groups in total. The summed E-state index contributed by atoms with van der Waals surface area (Å²) in [5.74, 6) is 0.451. The van der Waals surface area contributed by atoms with Gasteiger partial charge in [-0.05, 0) is 24.4 Å². The second-order valence-electron chi connectivity index (χ2n) is 3.49. The number of hydrogen-bond acceptors (Lipinski definition) is 2. The first kappa shape index (κ1) is 10.2. The molecule has 1 aromatic rings. The van der Waals surface area contributed by atoms with E-state index >= 15 is 0 Å². The van der Waals surface area contributed by atoms with Gasteiger partial charge < -0.3 is 11.5 Å². The number of hydrogen-bond donors (Lipinski definition) is 2. The minimum Gasteiger partial charge on any atom is -0.330 e. The SMILES string of the molecule is CC(CCN)C(N)c1ccccc1. The normalized spacial score (nSPS) is 15.3. The van der Waals surface area contributed by atoms with Crippen LogP contribution in [0, 0.1) is 5.92 Å². The van der Waals surface area contributed by atoms with Crippen LogP contribution in [0.25, 0.3) is 0 Å². The van der Waals surface area contributed by atoms with Crippen LogP contribution in [0.4, 0.5) is 0 Å². The molecule has 1 rings (SSSR count). The summed E-state index contributed by atoms with van der Waals surface area (Å²) in [6.45, 7) is 2.85. The maximum Gasteiger partial charge on any atom is 0.0321 e. The Morgan fingerprint density at radius 2 is 1.85 bits per heavy atom. The summed E-state index contributed by atoms with van der Waals surface area (Å²) < 4.78 is 0. The van der Waals surface area contributed by atoms with Gasteiger partial charge in [0.2, 0.25) is 0 Å². The highest BCUT2D eigenvalue weighted by atomic mass is 14.7. The molecule has 2 atom stereocenters. The van der Waals surface area contributed by atoms with Gasteiger partial charge in [-0.25, -0.2) is 0 Å². The Labute approximate surface area is 79.9 Å². The summed E-state index contributed by atoms with van der Waals surface area (Å²) in [5.41, 5.74) is 12.8. The minimum atomic E-state index is 0.116. The van der Waals surface area contributed by atoms with E-state index in [0.717, 1.165) is 6.42 Å². The monoisotopic (exact) mass is 178 g/mol. The van der Waals surface area contributed by atoms with Crippen molar-refractivity contribution in [3.63, 3.8) is 0 Å². The fourth-order valence-electron chi connectivity index (χ4n) is 1.45. The smallest absolute Gasteiger partial charge is 0.0321 e. The van der Waals surface area contributed by atoms with E-state index in [1.165, 1.54) is 5.56 Å². The molecule has 2 nitrogen and oxygen atoms in total. The Morgan fingerprint density at radius 1 is 1.23 bits per heavy atom. The van der Waals surface area contributed by atoms with E-state index < -0.39 is 0 Å². The molecule has 0 fully saturated rings. The molecule has 1 aromatic carbocycles. The molecule has 2 unspecified atom stereocenters. The number of rotatable bonds is 4. The van der Waals surface area contributed by atoms with Crippen LogP contribution in [0.2, 0.25) is 0 Å². The van der Waals surface area contributed by atoms with E-state index in [1.807, 2.05) is 18.2 Å². The molecule has 0 radical (unpaired) electrons. The van der Waals surface area contributed by atoms with E-state index in [0.29, 0.717) is 12.5 Å². The van der Waals surface area contributed by atoms with Crippen LogP contribution < -0.4 is 11.5 Å². The predicted octanol–water partition coefficient (Wildman–Crippen LogP) is 1.67. The number of benzene rings is 1. The zero-order chi connectivity index (χ0) is 9.68. The summed E-state index contributed by atoms with van der Waals surface area (Å²) in [7, 11) is 0. The molecule has 72 valence electrons. The largest absolute Gasteiger partial charge is 0.330 e. The van der Waals surface area contributed by atoms with Crippen LogP contribution in [-0.4, -0.2) is 6.54 Å². The van der Waals surface area contributed by atoms with Crippen LogP contribution in [0.15, 0.2) is 30.3 Å². The molecule has 0 aliphatic carbocycles. The van der Waals surface area contributed by atoms with E-state index in [1.54, 1.807) is 0 Å². The molecule has 0 aromatic heterocycles. The van der Waals surface area contributed by atoms with Crippen LogP contribution >= 0.6 is 0 Å². The van der Waals surface area contributed by atoms with Crippen LogP contribution in [0.1, 0.15) is 24.9 Å². The lowest BCUT2D eigenvalue weighted by Gasteiger charge is -2.19. The third-order valence-corrected chi connectivity index (χ3v) is 2.42. The molecule has 2 heteroatoms. The molecular weight excluding hydrogens is 160 g/mol. The molecule has 0 aliphatic heterocycles. The van der Waals surface area contributed by atoms with Gasteiger partial charge in [0, 0.05) is 6.04 Å². The molecule has 0 bridgehead atoms. The maximum absolute atomic E-state index is 6.07. The van der Waals surface area contributed by atoms with Gasteiger partial charge in [-0.1, -0.05) is 37.3 Å². The Kier molecular flexibility index (Phi) is 3.93. The van der Waals surface area contributed by atoms with Gasteiger partial charge >= 0.3 is 0 Å². The Hall–Kier alpha value is -0.860. The average Bonchev–Trinajstić information content (AvgIpc) is 2.18. The summed E-state index contributed by atoms with van der Waals surface area (Å²) in [4.78, 5) is 0. The van der Waals surface area contributed by atoms with Gasteiger partial charge in [0.1, 0.15) is 0 Å². The third-order valence-electron chi connectivity index (χ3n) is 2.42. The molecule has 0 saturated heterocycles. The van der Waals surface area contributed by atoms with Gasteiger partial charge in [0.15, 0.2) is 0 Å². The first-order valence-electron chi connectivity index (χ1n) is 4.76. The Morgan fingerprint density at radius 3 is 2.38 bits per heavy atom. The second kappa shape index (κ2) is 5.00. The fourth-order valence-corrected chi connectivity index (χ4v) is 1.45. The molecule has 0 heterocycles. The summed E-state index contributed by atoms with van der Waals surface area (Å²) in [6, 6.07) is 10.3. The van der Waals surface area contributed by atoms with E-state index in [4.69, 9.17) is 11.5 Å². The highest BCUT2D eigenvalue weighted by molar-refractivity contribution is 5.18. The van der Waals surface area contributed by atoms with Crippen molar-refractivity contribution in [1.29, 1.82) is 0 Å². The molecule has 13 heavy (non-hydrogen) atoms. The first-order chi connectivity index (χ1) is 6.25. The third kappa shape index (κ3) is 2.83. The Balaban J connectivity index is 2.62. The van der Waals surface area contributed by atoms with Gasteiger partial charge in [0.25, 0.3) is 0 Å². The van der Waals surface area contributed by atoms with Crippen molar-refractivity contribution < 1.29 is 0 Å². The lowest BCUT2D eigenvalue weighted by Crippen LogP contribution is -2.21. The highest BCUT2D eigenvalue weighted by Gasteiger charge is 2.12. The second-order valence-corrected chi connectivity index (χ2v) is 3.49. The van der Waals surface area contributed by atoms with Crippen molar-refractivity contribution in [2.24, 2.45) is 17.4 Å². The topological polar surface area (TPSA) is 52.0 Å². The summed E-state index contributed by atoms with van der Waals surface area (Å²) in [5, 5.41) is 0. The Bertz CT molecular complexity index is 233. The van der Waals surface area contributed by atoms with Gasteiger partial charge in [0.05, 0.1) is 0 Å². The lowest BCUT2D eigenvalue weighted by molar-refractivity contribution is 0.444. The van der Waals surface area contributed by atoms with Crippen molar-refractivity contribution in [3.8, 4) is 0 Å². The van der Waals surface area contributed by atoms with Gasteiger partial charge in [-0.2, -0.15) is 0 Å². The van der Waals surface area contributed by atoms with Crippen molar-refractivity contribution >= 4 is 0 Å². The van der Waals surface area contributed by atoms with Crippen molar-refractivity contribution in [1.82, 2.24) is 0 Å². The van der Waals surface area contributed by atoms with Gasteiger partial charge in [-0.3, -0.25) is 0 Å². The minimum absolute atomic E-state index is 0.116. The lowest BCUT2D eigenvalue weighted by atomic mass is 9.93. The van der Waals surface area contributed by atoms with Crippen molar-refractivity contribution in [3.05, 3.63) is 35.9 Å². The molecule has 0 saturated carbocycles. The predicted molar refractivity (Wildman–Crippen MR) is 56.2 cm³/mol. The van der Waals surface area contributed by atoms with Crippen LogP contribution in [-0.2, 0) is 0 Å². The van der Waals surface area contributed by atoms with E-state index in [9.17, 15) is 0 Å². The van der Waals surface area contributed by atoms with Crippen LogP contribution in [0.5, 0.6) is 0 Å². The summed E-state index contributed by atoms with van der Waals surface area (Å²) in [6.07, 6.45) is 0.982.